The van der Waals surface area contributed by atoms with Crippen LogP contribution < -0.4 is 20.7 Å². The lowest BCUT2D eigenvalue weighted by molar-refractivity contribution is 0.247. The fourth-order valence-corrected chi connectivity index (χ4v) is 4.30. The number of aromatic nitrogens is 3. The summed E-state index contributed by atoms with van der Waals surface area (Å²) in [5.41, 5.74) is 3.67. The molecule has 170 valence electrons. The molecule has 3 aromatic rings. The predicted molar refractivity (Wildman–Crippen MR) is 126 cm³/mol. The zero-order chi connectivity index (χ0) is 23.0. The molecule has 4 N–H and O–H groups in total. The molecule has 0 spiro atoms. The van der Waals surface area contributed by atoms with Gasteiger partial charge in [0.2, 0.25) is 5.88 Å². The highest BCUT2D eigenvalue weighted by Gasteiger charge is 2.28. The van der Waals surface area contributed by atoms with Gasteiger partial charge in [-0.2, -0.15) is 0 Å². The Morgan fingerprint density at radius 1 is 1.27 bits per heavy atom. The minimum absolute atomic E-state index is 0.0208. The van der Waals surface area contributed by atoms with Crippen LogP contribution in [0, 0.1) is 10.8 Å². The molecule has 1 aromatic carbocycles. The van der Waals surface area contributed by atoms with Gasteiger partial charge in [0.05, 0.1) is 11.2 Å². The van der Waals surface area contributed by atoms with E-state index in [4.69, 9.17) is 10.1 Å². The van der Waals surface area contributed by atoms with Gasteiger partial charge in [-0.05, 0) is 49.7 Å². The Morgan fingerprint density at radius 3 is 2.97 bits per heavy atom. The third-order valence-electron chi connectivity index (χ3n) is 6.26. The Morgan fingerprint density at radius 2 is 2.15 bits per heavy atom. The highest BCUT2D eigenvalue weighted by Crippen LogP contribution is 2.32. The molecule has 0 atom stereocenters. The van der Waals surface area contributed by atoms with E-state index in [0.29, 0.717) is 18.2 Å². The van der Waals surface area contributed by atoms with Crippen LogP contribution in [0.2, 0.25) is 0 Å². The summed E-state index contributed by atoms with van der Waals surface area (Å²) in [5, 5.41) is 18.3. The lowest BCUT2D eigenvalue weighted by Gasteiger charge is -2.18. The van der Waals surface area contributed by atoms with Gasteiger partial charge < -0.3 is 15.4 Å². The number of benzene rings is 1. The maximum atomic E-state index is 12.8. The minimum Gasteiger partial charge on any atom is -0.439 e. The van der Waals surface area contributed by atoms with Gasteiger partial charge in [0.25, 0.3) is 0 Å². The Hall–Kier alpha value is -3.72. The molecule has 0 aliphatic carbocycles. The average Bonchev–Trinajstić information content (AvgIpc) is 3.36. The summed E-state index contributed by atoms with van der Waals surface area (Å²) >= 11 is 0. The van der Waals surface area contributed by atoms with Crippen LogP contribution >= 0.6 is 0 Å². The van der Waals surface area contributed by atoms with Crippen LogP contribution in [0.15, 0.2) is 48.6 Å². The van der Waals surface area contributed by atoms with Gasteiger partial charge in [0.1, 0.15) is 17.9 Å². The van der Waals surface area contributed by atoms with Crippen molar-refractivity contribution in [2.24, 2.45) is 5.41 Å². The van der Waals surface area contributed by atoms with Gasteiger partial charge in [0, 0.05) is 41.3 Å². The first kappa shape index (κ1) is 21.1. The summed E-state index contributed by atoms with van der Waals surface area (Å²) in [6.45, 7) is 6.71. The second-order valence-corrected chi connectivity index (χ2v) is 9.00. The molecule has 5 rings (SSSR count). The number of carbonyl (C=O) groups excluding carboxylic acids is 1. The number of hydrogen-bond donors (Lipinski definition) is 4. The number of ether oxygens (including phenoxy) is 1. The summed E-state index contributed by atoms with van der Waals surface area (Å²) in [6.07, 6.45) is 6.73. The number of amides is 1. The maximum absolute atomic E-state index is 12.8. The number of nitrogens with one attached hydrogen (secondary N) is 4. The van der Waals surface area contributed by atoms with Gasteiger partial charge in [-0.15, -0.1) is 0 Å². The molecule has 0 saturated carbocycles. The summed E-state index contributed by atoms with van der Waals surface area (Å²) < 4.78 is 7.57. The van der Waals surface area contributed by atoms with E-state index in [2.05, 4.69) is 39.8 Å². The van der Waals surface area contributed by atoms with E-state index in [1.165, 1.54) is 10.9 Å². The Bertz CT molecular complexity index is 1280. The first-order valence-electron chi connectivity index (χ1n) is 11.1. The molecule has 2 aliphatic heterocycles. The van der Waals surface area contributed by atoms with Crippen molar-refractivity contribution in [3.63, 3.8) is 0 Å². The molecule has 2 aliphatic rings. The number of amidine groups is 1. The summed E-state index contributed by atoms with van der Waals surface area (Å²) in [5.74, 6) is 1.28. The van der Waals surface area contributed by atoms with E-state index < -0.39 is 0 Å². The van der Waals surface area contributed by atoms with Crippen molar-refractivity contribution in [2.45, 2.75) is 33.2 Å². The normalized spacial score (nSPS) is 18.1. The highest BCUT2D eigenvalue weighted by molar-refractivity contribution is 6.05. The van der Waals surface area contributed by atoms with Gasteiger partial charge in [-0.1, -0.05) is 13.8 Å². The topological polar surface area (TPSA) is 117 Å². The van der Waals surface area contributed by atoms with Crippen molar-refractivity contribution in [1.29, 1.82) is 5.41 Å². The van der Waals surface area contributed by atoms with Gasteiger partial charge >= 0.3 is 6.03 Å². The molecular weight excluding hydrogens is 418 g/mol. The number of nitrogens with zero attached hydrogens (tertiary/aromatic N) is 3. The summed E-state index contributed by atoms with van der Waals surface area (Å²) in [6, 6.07) is 7.01. The SMILES string of the molecule is CC1(C)CCN/C1=C\C(=N)NC(=O)n1ccc2cc(Oc3ncnc4c3CCNC4)ccc21. The molecule has 2 aromatic heterocycles. The second kappa shape index (κ2) is 8.32. The second-order valence-electron chi connectivity index (χ2n) is 9.00. The molecule has 1 fully saturated rings. The number of allylic oxidation sites excluding steroid dienone is 1. The molecule has 9 heteroatoms. The highest BCUT2D eigenvalue weighted by atomic mass is 16.5. The van der Waals surface area contributed by atoms with Crippen LogP contribution in [0.25, 0.3) is 10.9 Å². The largest absolute Gasteiger partial charge is 0.439 e. The molecule has 1 saturated heterocycles. The zero-order valence-corrected chi connectivity index (χ0v) is 18.7. The van der Waals surface area contributed by atoms with E-state index >= 15 is 0 Å². The molecule has 4 heterocycles. The fourth-order valence-electron chi connectivity index (χ4n) is 4.30. The summed E-state index contributed by atoms with van der Waals surface area (Å²) in [7, 11) is 0. The monoisotopic (exact) mass is 445 g/mol. The molecule has 33 heavy (non-hydrogen) atoms. The van der Waals surface area contributed by atoms with E-state index in [0.717, 1.165) is 53.8 Å². The van der Waals surface area contributed by atoms with Gasteiger partial charge in [-0.25, -0.2) is 14.8 Å². The smallest absolute Gasteiger partial charge is 0.331 e. The molecule has 0 bridgehead atoms. The maximum Gasteiger partial charge on any atom is 0.331 e. The molecule has 1 amide bonds. The molecule has 0 unspecified atom stereocenters. The Labute approximate surface area is 191 Å². The number of rotatable bonds is 3. The van der Waals surface area contributed by atoms with Crippen molar-refractivity contribution < 1.29 is 9.53 Å². The Balaban J connectivity index is 1.33. The number of fused-ring (bicyclic) bond motifs is 2. The number of carbonyl (C=O) groups is 1. The van der Waals surface area contributed by atoms with E-state index in [1.54, 1.807) is 12.3 Å². The lowest BCUT2D eigenvalue weighted by atomic mass is 9.89. The van der Waals surface area contributed by atoms with E-state index in [9.17, 15) is 4.79 Å². The minimum atomic E-state index is -0.381. The van der Waals surface area contributed by atoms with Crippen LogP contribution in [-0.2, 0) is 13.0 Å². The standard InChI is InChI=1S/C24H27N7O2/c1-24(2)7-9-27-20(24)12-21(25)30-23(32)31-10-6-15-11-16(3-4-19(15)31)33-22-17-5-8-26-13-18(17)28-14-29-22/h3-4,6,10-12,14,26-27H,5,7-9,13H2,1-2H3,(H2,25,30,32)/b20-12-. The quantitative estimate of drug-likeness (QED) is 0.363. The van der Waals surface area contributed by atoms with E-state index in [-0.39, 0.29) is 17.3 Å². The lowest BCUT2D eigenvalue weighted by Crippen LogP contribution is -2.33. The fraction of sp³-hybridized carbons (Fsp3) is 0.333. The average molecular weight is 446 g/mol. The first-order valence-corrected chi connectivity index (χ1v) is 11.1. The molecule has 0 radical (unpaired) electrons. The third-order valence-corrected chi connectivity index (χ3v) is 6.26. The molecule has 9 nitrogen and oxygen atoms in total. The van der Waals surface area contributed by atoms with Gasteiger partial charge in [0.15, 0.2) is 0 Å². The zero-order valence-electron chi connectivity index (χ0n) is 18.7. The van der Waals surface area contributed by atoms with Crippen molar-refractivity contribution in [2.75, 3.05) is 13.1 Å². The van der Waals surface area contributed by atoms with Crippen molar-refractivity contribution >= 4 is 22.8 Å². The number of hydrogen-bond acceptors (Lipinski definition) is 7. The van der Waals surface area contributed by atoms with Crippen LogP contribution in [0.4, 0.5) is 4.79 Å². The van der Waals surface area contributed by atoms with E-state index in [1.807, 2.05) is 24.3 Å². The third kappa shape index (κ3) is 4.19. The molecular formula is C24H27N7O2. The van der Waals surface area contributed by atoms with Gasteiger partial charge in [-0.3, -0.25) is 15.3 Å². The first-order chi connectivity index (χ1) is 15.9. The van der Waals surface area contributed by atoms with Crippen molar-refractivity contribution in [1.82, 2.24) is 30.5 Å². The summed E-state index contributed by atoms with van der Waals surface area (Å²) in [4.78, 5) is 21.5. The predicted octanol–water partition coefficient (Wildman–Crippen LogP) is 3.31. The van der Waals surface area contributed by atoms with Crippen molar-refractivity contribution in [3.05, 3.63) is 59.8 Å². The van der Waals surface area contributed by atoms with Crippen LogP contribution in [0.3, 0.4) is 0 Å². The van der Waals surface area contributed by atoms with Crippen molar-refractivity contribution in [3.8, 4) is 11.6 Å². The van der Waals surface area contributed by atoms with Crippen LogP contribution in [-0.4, -0.2) is 39.5 Å². The van der Waals surface area contributed by atoms with Crippen LogP contribution in [0.1, 0.15) is 31.5 Å². The van der Waals surface area contributed by atoms with Crippen LogP contribution in [0.5, 0.6) is 11.6 Å². The Kier molecular flexibility index (Phi) is 5.33.